The van der Waals surface area contributed by atoms with Gasteiger partial charge in [0.05, 0.1) is 6.61 Å². The number of nitrogens with two attached hydrogens (primary N) is 1. The molecule has 0 aromatic heterocycles. The molecule has 0 heterocycles. The fourth-order valence-electron chi connectivity index (χ4n) is 2.08. The number of hydrogen-bond donors (Lipinski definition) is 1. The molecule has 2 N–H and O–H groups in total. The molecule has 106 valence electrons. The molecule has 0 aliphatic carbocycles. The van der Waals surface area contributed by atoms with E-state index in [1.54, 1.807) is 0 Å². The first kappa shape index (κ1) is 15.1. The van der Waals surface area contributed by atoms with Gasteiger partial charge in [-0.25, -0.2) is 0 Å². The van der Waals surface area contributed by atoms with Crippen LogP contribution >= 0.6 is 15.9 Å². The van der Waals surface area contributed by atoms with E-state index in [2.05, 4.69) is 46.3 Å². The highest BCUT2D eigenvalue weighted by atomic mass is 79.9. The Hall–Kier alpha value is -1.32. The lowest BCUT2D eigenvalue weighted by Gasteiger charge is -2.11. The molecule has 2 aromatic carbocycles. The van der Waals surface area contributed by atoms with Gasteiger partial charge in [0.15, 0.2) is 0 Å². The van der Waals surface area contributed by atoms with E-state index in [4.69, 9.17) is 10.5 Å². The van der Waals surface area contributed by atoms with Crippen LogP contribution in [-0.2, 0) is 12.8 Å². The molecule has 0 amide bonds. The second-order valence-corrected chi connectivity index (χ2v) is 5.87. The zero-order valence-electron chi connectivity index (χ0n) is 11.7. The van der Waals surface area contributed by atoms with Crippen molar-refractivity contribution in [2.75, 3.05) is 6.61 Å². The highest BCUT2D eigenvalue weighted by molar-refractivity contribution is 9.10. The lowest BCUT2D eigenvalue weighted by Crippen LogP contribution is -2.18. The van der Waals surface area contributed by atoms with E-state index in [1.807, 2.05) is 25.1 Å². The number of halogens is 1. The summed E-state index contributed by atoms with van der Waals surface area (Å²) in [5, 5.41) is 0. The molecule has 0 bridgehead atoms. The summed E-state index contributed by atoms with van der Waals surface area (Å²) in [6.45, 7) is 2.69. The second-order valence-electron chi connectivity index (χ2n) is 5.02. The standard InChI is InChI=1S/C17H20BrNO/c1-13(19)11-15-12-16(7-8-17(15)18)20-10-9-14-5-3-2-4-6-14/h2-8,12-13H,9-11,19H2,1H3. The van der Waals surface area contributed by atoms with E-state index in [9.17, 15) is 0 Å². The number of ether oxygens (including phenoxy) is 1. The summed E-state index contributed by atoms with van der Waals surface area (Å²) in [6.07, 6.45) is 1.76. The fraction of sp³-hybridized carbons (Fsp3) is 0.294. The second kappa shape index (κ2) is 7.46. The van der Waals surface area contributed by atoms with Crippen molar-refractivity contribution in [3.05, 3.63) is 64.1 Å². The molecule has 0 spiro atoms. The molecular weight excluding hydrogens is 314 g/mol. The van der Waals surface area contributed by atoms with Gasteiger partial charge in [0.1, 0.15) is 5.75 Å². The summed E-state index contributed by atoms with van der Waals surface area (Å²) in [7, 11) is 0. The van der Waals surface area contributed by atoms with Crippen LogP contribution in [0.5, 0.6) is 5.75 Å². The summed E-state index contributed by atoms with van der Waals surface area (Å²) in [5.74, 6) is 0.903. The predicted octanol–water partition coefficient (Wildman–Crippen LogP) is 3.96. The summed E-state index contributed by atoms with van der Waals surface area (Å²) in [5.41, 5.74) is 8.34. The molecule has 20 heavy (non-hydrogen) atoms. The number of hydrogen-bond acceptors (Lipinski definition) is 2. The molecule has 0 fully saturated rings. The van der Waals surface area contributed by atoms with Crippen LogP contribution in [0.15, 0.2) is 53.0 Å². The first-order chi connectivity index (χ1) is 9.65. The molecule has 2 aromatic rings. The van der Waals surface area contributed by atoms with Crippen LogP contribution < -0.4 is 10.5 Å². The molecule has 2 rings (SSSR count). The first-order valence-corrected chi connectivity index (χ1v) is 7.65. The average Bonchev–Trinajstić information content (AvgIpc) is 2.43. The highest BCUT2D eigenvalue weighted by Gasteiger charge is 2.05. The van der Waals surface area contributed by atoms with Gasteiger partial charge >= 0.3 is 0 Å². The van der Waals surface area contributed by atoms with E-state index in [0.29, 0.717) is 6.61 Å². The van der Waals surface area contributed by atoms with Crippen LogP contribution in [0.1, 0.15) is 18.1 Å². The van der Waals surface area contributed by atoms with Crippen molar-refractivity contribution in [2.45, 2.75) is 25.8 Å². The fourth-order valence-corrected chi connectivity index (χ4v) is 2.48. The van der Waals surface area contributed by atoms with E-state index in [1.165, 1.54) is 11.1 Å². The summed E-state index contributed by atoms with van der Waals surface area (Å²) < 4.78 is 6.91. The van der Waals surface area contributed by atoms with Gasteiger partial charge in [-0.3, -0.25) is 0 Å². The average molecular weight is 334 g/mol. The van der Waals surface area contributed by atoms with Gasteiger partial charge < -0.3 is 10.5 Å². The van der Waals surface area contributed by atoms with Gasteiger partial charge in [-0.1, -0.05) is 46.3 Å². The van der Waals surface area contributed by atoms with Gasteiger partial charge in [0.25, 0.3) is 0 Å². The summed E-state index contributed by atoms with van der Waals surface area (Å²) >= 11 is 3.55. The van der Waals surface area contributed by atoms with Crippen molar-refractivity contribution < 1.29 is 4.74 Å². The Morgan fingerprint density at radius 3 is 2.60 bits per heavy atom. The van der Waals surface area contributed by atoms with Gasteiger partial charge in [-0.15, -0.1) is 0 Å². The first-order valence-electron chi connectivity index (χ1n) is 6.86. The lowest BCUT2D eigenvalue weighted by atomic mass is 10.1. The van der Waals surface area contributed by atoms with Crippen LogP contribution in [0.25, 0.3) is 0 Å². The third kappa shape index (κ3) is 4.66. The molecule has 0 aliphatic rings. The Balaban J connectivity index is 1.93. The lowest BCUT2D eigenvalue weighted by molar-refractivity contribution is 0.321. The smallest absolute Gasteiger partial charge is 0.119 e. The van der Waals surface area contributed by atoms with Gasteiger partial charge in [-0.05, 0) is 42.7 Å². The maximum atomic E-state index is 5.86. The van der Waals surface area contributed by atoms with E-state index < -0.39 is 0 Å². The molecule has 1 unspecified atom stereocenters. The molecule has 0 aliphatic heterocycles. The third-order valence-electron chi connectivity index (χ3n) is 3.06. The van der Waals surface area contributed by atoms with Crippen LogP contribution in [0.2, 0.25) is 0 Å². The topological polar surface area (TPSA) is 35.2 Å². The Morgan fingerprint density at radius 2 is 1.90 bits per heavy atom. The molecule has 0 radical (unpaired) electrons. The van der Waals surface area contributed by atoms with Gasteiger partial charge in [0, 0.05) is 16.9 Å². The van der Waals surface area contributed by atoms with Crippen molar-refractivity contribution in [3.63, 3.8) is 0 Å². The third-order valence-corrected chi connectivity index (χ3v) is 3.83. The summed E-state index contributed by atoms with van der Waals surface area (Å²) in [4.78, 5) is 0. The molecular formula is C17H20BrNO. The predicted molar refractivity (Wildman–Crippen MR) is 87.1 cm³/mol. The van der Waals surface area contributed by atoms with Crippen LogP contribution in [-0.4, -0.2) is 12.6 Å². The quantitative estimate of drug-likeness (QED) is 0.868. The Bertz CT molecular complexity index is 540. The number of benzene rings is 2. The molecule has 0 saturated heterocycles. The Kier molecular flexibility index (Phi) is 5.62. The Morgan fingerprint density at radius 1 is 1.15 bits per heavy atom. The minimum Gasteiger partial charge on any atom is -0.493 e. The van der Waals surface area contributed by atoms with E-state index >= 15 is 0 Å². The number of rotatable bonds is 6. The maximum absolute atomic E-state index is 5.86. The molecule has 2 nitrogen and oxygen atoms in total. The van der Waals surface area contributed by atoms with E-state index in [0.717, 1.165) is 23.1 Å². The molecule has 0 saturated carbocycles. The Labute approximate surface area is 129 Å². The van der Waals surface area contributed by atoms with Crippen molar-refractivity contribution >= 4 is 15.9 Å². The minimum atomic E-state index is 0.144. The summed E-state index contributed by atoms with van der Waals surface area (Å²) in [6, 6.07) is 16.6. The SMILES string of the molecule is CC(N)Cc1cc(OCCc2ccccc2)ccc1Br. The van der Waals surface area contributed by atoms with Crippen LogP contribution in [0.4, 0.5) is 0 Å². The highest BCUT2D eigenvalue weighted by Crippen LogP contribution is 2.23. The van der Waals surface area contributed by atoms with Crippen molar-refractivity contribution in [2.24, 2.45) is 5.73 Å². The largest absolute Gasteiger partial charge is 0.493 e. The van der Waals surface area contributed by atoms with Crippen molar-refractivity contribution in [1.29, 1.82) is 0 Å². The zero-order valence-corrected chi connectivity index (χ0v) is 13.3. The van der Waals surface area contributed by atoms with E-state index in [-0.39, 0.29) is 6.04 Å². The normalized spacial score (nSPS) is 12.2. The molecule has 3 heteroatoms. The minimum absolute atomic E-state index is 0.144. The van der Waals surface area contributed by atoms with Gasteiger partial charge in [0.2, 0.25) is 0 Å². The van der Waals surface area contributed by atoms with Crippen LogP contribution in [0, 0.1) is 0 Å². The van der Waals surface area contributed by atoms with Crippen LogP contribution in [0.3, 0.4) is 0 Å². The monoisotopic (exact) mass is 333 g/mol. The van der Waals surface area contributed by atoms with Crippen molar-refractivity contribution in [1.82, 2.24) is 0 Å². The van der Waals surface area contributed by atoms with Crippen molar-refractivity contribution in [3.8, 4) is 5.75 Å². The zero-order chi connectivity index (χ0) is 14.4. The molecule has 1 atom stereocenters. The maximum Gasteiger partial charge on any atom is 0.119 e. The van der Waals surface area contributed by atoms with Gasteiger partial charge in [-0.2, -0.15) is 0 Å².